The molecular formula is C10H16N2O2S. The topological polar surface area (TPSA) is 59.2 Å². The first kappa shape index (κ1) is 11.0. The van der Waals surface area contributed by atoms with Gasteiger partial charge in [0.15, 0.2) is 5.82 Å². The van der Waals surface area contributed by atoms with Crippen LogP contribution in [0, 0.1) is 0 Å². The Morgan fingerprint density at radius 1 is 1.67 bits per heavy atom. The fourth-order valence-corrected chi connectivity index (χ4v) is 2.80. The molecule has 5 heteroatoms. The summed E-state index contributed by atoms with van der Waals surface area (Å²) in [6, 6.07) is 0. The molecule has 2 atom stereocenters. The van der Waals surface area contributed by atoms with Crippen molar-refractivity contribution in [3.63, 3.8) is 0 Å². The molecule has 15 heavy (non-hydrogen) atoms. The van der Waals surface area contributed by atoms with Crippen molar-refractivity contribution in [3.8, 4) is 0 Å². The largest absolute Gasteiger partial charge is 0.393 e. The molecule has 0 spiro atoms. The summed E-state index contributed by atoms with van der Waals surface area (Å²) in [7, 11) is 0. The number of hydrogen-bond donors (Lipinski definition) is 1. The van der Waals surface area contributed by atoms with E-state index >= 15 is 0 Å². The Balaban J connectivity index is 1.97. The van der Waals surface area contributed by atoms with Crippen molar-refractivity contribution in [2.75, 3.05) is 5.75 Å². The molecule has 0 aliphatic carbocycles. The molecule has 1 aliphatic heterocycles. The maximum absolute atomic E-state index is 9.45. The van der Waals surface area contributed by atoms with Gasteiger partial charge < -0.3 is 9.63 Å². The van der Waals surface area contributed by atoms with Crippen LogP contribution in [0.3, 0.4) is 0 Å². The Bertz CT molecular complexity index is 310. The summed E-state index contributed by atoms with van der Waals surface area (Å²) in [4.78, 5) is 4.32. The van der Waals surface area contributed by atoms with Gasteiger partial charge in [-0.1, -0.05) is 12.1 Å². The summed E-state index contributed by atoms with van der Waals surface area (Å²) < 4.78 is 5.12. The van der Waals surface area contributed by atoms with Crippen LogP contribution < -0.4 is 0 Å². The van der Waals surface area contributed by atoms with E-state index in [4.69, 9.17) is 4.52 Å². The van der Waals surface area contributed by atoms with Gasteiger partial charge in [-0.15, -0.1) is 0 Å². The molecule has 0 radical (unpaired) electrons. The third-order valence-corrected chi connectivity index (χ3v) is 3.96. The highest BCUT2D eigenvalue weighted by atomic mass is 32.2. The predicted octanol–water partition coefficient (Wildman–Crippen LogP) is 1.95. The second kappa shape index (κ2) is 4.99. The van der Waals surface area contributed by atoms with E-state index in [-0.39, 0.29) is 6.10 Å². The summed E-state index contributed by atoms with van der Waals surface area (Å²) in [5.41, 5.74) is 0. The van der Waals surface area contributed by atoms with Crippen molar-refractivity contribution < 1.29 is 9.63 Å². The number of aliphatic hydroxyl groups excluding tert-OH is 1. The van der Waals surface area contributed by atoms with Crippen molar-refractivity contribution in [3.05, 3.63) is 11.7 Å². The standard InChI is InChI=1S/C10H16N2O2S/c1-2-7(13)6-9-11-10(12-14-9)8-4-3-5-15-8/h7-8,13H,2-6H2,1H3. The van der Waals surface area contributed by atoms with Crippen LogP contribution in [0.1, 0.15) is 43.2 Å². The van der Waals surface area contributed by atoms with E-state index < -0.39 is 0 Å². The van der Waals surface area contributed by atoms with Gasteiger partial charge in [-0.3, -0.25) is 0 Å². The number of rotatable bonds is 4. The van der Waals surface area contributed by atoms with Gasteiger partial charge in [0.05, 0.1) is 17.8 Å². The second-order valence-corrected chi connectivity index (χ2v) is 5.12. The number of aromatic nitrogens is 2. The fraction of sp³-hybridized carbons (Fsp3) is 0.800. The molecule has 1 N–H and O–H groups in total. The third-order valence-electron chi connectivity index (χ3n) is 2.58. The summed E-state index contributed by atoms with van der Waals surface area (Å²) in [5, 5.41) is 13.8. The molecule has 1 aliphatic rings. The first-order valence-corrected chi connectivity index (χ1v) is 6.46. The molecule has 1 aromatic rings. The number of aliphatic hydroxyl groups is 1. The third kappa shape index (κ3) is 2.72. The van der Waals surface area contributed by atoms with Crippen molar-refractivity contribution in [1.82, 2.24) is 10.1 Å². The average Bonchev–Trinajstić information content (AvgIpc) is 2.85. The van der Waals surface area contributed by atoms with Gasteiger partial charge in [-0.25, -0.2) is 0 Å². The van der Waals surface area contributed by atoms with Crippen molar-refractivity contribution >= 4 is 11.8 Å². The van der Waals surface area contributed by atoms with E-state index in [1.165, 1.54) is 12.2 Å². The molecule has 1 saturated heterocycles. The Morgan fingerprint density at radius 3 is 3.20 bits per heavy atom. The Labute approximate surface area is 93.4 Å². The molecule has 0 amide bonds. The van der Waals surface area contributed by atoms with Gasteiger partial charge in [-0.2, -0.15) is 16.7 Å². The quantitative estimate of drug-likeness (QED) is 0.853. The molecule has 0 saturated carbocycles. The van der Waals surface area contributed by atoms with Crippen LogP contribution >= 0.6 is 11.8 Å². The van der Waals surface area contributed by atoms with Gasteiger partial charge >= 0.3 is 0 Å². The zero-order valence-corrected chi connectivity index (χ0v) is 9.66. The van der Waals surface area contributed by atoms with Crippen LogP contribution in [0.15, 0.2) is 4.52 Å². The molecule has 2 heterocycles. The lowest BCUT2D eigenvalue weighted by molar-refractivity contribution is 0.158. The highest BCUT2D eigenvalue weighted by molar-refractivity contribution is 7.99. The van der Waals surface area contributed by atoms with Gasteiger partial charge in [0, 0.05) is 0 Å². The minimum atomic E-state index is -0.366. The van der Waals surface area contributed by atoms with E-state index in [1.807, 2.05) is 18.7 Å². The van der Waals surface area contributed by atoms with Crippen LogP contribution in [0.4, 0.5) is 0 Å². The predicted molar refractivity (Wildman–Crippen MR) is 58.7 cm³/mol. The molecule has 2 rings (SSSR count). The van der Waals surface area contributed by atoms with E-state index in [2.05, 4.69) is 10.1 Å². The summed E-state index contributed by atoms with van der Waals surface area (Å²) >= 11 is 1.89. The van der Waals surface area contributed by atoms with Crippen molar-refractivity contribution in [2.24, 2.45) is 0 Å². The smallest absolute Gasteiger partial charge is 0.229 e. The van der Waals surface area contributed by atoms with Crippen LogP contribution in [-0.4, -0.2) is 27.1 Å². The Hall–Kier alpha value is -0.550. The Morgan fingerprint density at radius 2 is 2.53 bits per heavy atom. The lowest BCUT2D eigenvalue weighted by Crippen LogP contribution is -2.08. The zero-order valence-electron chi connectivity index (χ0n) is 8.85. The molecule has 0 bridgehead atoms. The maximum Gasteiger partial charge on any atom is 0.229 e. The first-order valence-electron chi connectivity index (χ1n) is 5.41. The fourth-order valence-electron chi connectivity index (χ4n) is 1.61. The minimum Gasteiger partial charge on any atom is -0.393 e. The van der Waals surface area contributed by atoms with E-state index in [0.717, 1.165) is 18.7 Å². The average molecular weight is 228 g/mol. The Kier molecular flexibility index (Phi) is 3.64. The number of nitrogens with zero attached hydrogens (tertiary/aromatic N) is 2. The first-order chi connectivity index (χ1) is 7.29. The lowest BCUT2D eigenvalue weighted by atomic mass is 10.2. The van der Waals surface area contributed by atoms with Crippen LogP contribution in [0.25, 0.3) is 0 Å². The lowest BCUT2D eigenvalue weighted by Gasteiger charge is -2.02. The summed E-state index contributed by atoms with van der Waals surface area (Å²) in [6.45, 7) is 1.94. The monoisotopic (exact) mass is 228 g/mol. The maximum atomic E-state index is 9.45. The normalized spacial score (nSPS) is 23.2. The van der Waals surface area contributed by atoms with Crippen molar-refractivity contribution in [2.45, 2.75) is 44.0 Å². The molecule has 84 valence electrons. The van der Waals surface area contributed by atoms with Gasteiger partial charge in [0.1, 0.15) is 0 Å². The SMILES string of the molecule is CCC(O)Cc1nc(C2CCCS2)no1. The van der Waals surface area contributed by atoms with Crippen molar-refractivity contribution in [1.29, 1.82) is 0 Å². The van der Waals surface area contributed by atoms with Crippen LogP contribution in [0.2, 0.25) is 0 Å². The molecule has 0 aromatic carbocycles. The second-order valence-electron chi connectivity index (χ2n) is 3.81. The minimum absolute atomic E-state index is 0.366. The highest BCUT2D eigenvalue weighted by Crippen LogP contribution is 2.38. The van der Waals surface area contributed by atoms with E-state index in [1.54, 1.807) is 0 Å². The van der Waals surface area contributed by atoms with E-state index in [9.17, 15) is 5.11 Å². The van der Waals surface area contributed by atoms with Crippen LogP contribution in [0.5, 0.6) is 0 Å². The van der Waals surface area contributed by atoms with Gasteiger partial charge in [0.25, 0.3) is 0 Å². The van der Waals surface area contributed by atoms with Gasteiger partial charge in [0.2, 0.25) is 5.89 Å². The van der Waals surface area contributed by atoms with Crippen LogP contribution in [-0.2, 0) is 6.42 Å². The highest BCUT2D eigenvalue weighted by Gasteiger charge is 2.23. The molecular weight excluding hydrogens is 212 g/mol. The number of hydrogen-bond acceptors (Lipinski definition) is 5. The zero-order chi connectivity index (χ0) is 10.7. The molecule has 2 unspecified atom stereocenters. The number of thioether (sulfide) groups is 1. The summed E-state index contributed by atoms with van der Waals surface area (Å²) in [6.07, 6.45) is 3.20. The molecule has 1 fully saturated rings. The summed E-state index contributed by atoms with van der Waals surface area (Å²) in [5.74, 6) is 2.55. The van der Waals surface area contributed by atoms with Gasteiger partial charge in [-0.05, 0) is 25.0 Å². The molecule has 4 nitrogen and oxygen atoms in total. The van der Waals surface area contributed by atoms with E-state index in [0.29, 0.717) is 17.6 Å². The molecule has 1 aromatic heterocycles.